The first-order chi connectivity index (χ1) is 10.3. The number of sulfonamides is 1. The normalized spacial score (nSPS) is 17.4. The summed E-state index contributed by atoms with van der Waals surface area (Å²) in [6.07, 6.45) is 2.44. The second-order valence-corrected chi connectivity index (χ2v) is 7.33. The number of anilines is 1. The van der Waals surface area contributed by atoms with Crippen LogP contribution in [0.2, 0.25) is 0 Å². The number of rotatable bonds is 6. The minimum atomic E-state index is -3.74. The van der Waals surface area contributed by atoms with Gasteiger partial charge in [0.15, 0.2) is 5.03 Å². The number of aromatic nitrogens is 1. The van der Waals surface area contributed by atoms with Crippen molar-refractivity contribution in [2.75, 3.05) is 18.4 Å². The van der Waals surface area contributed by atoms with E-state index in [1.165, 1.54) is 10.4 Å². The van der Waals surface area contributed by atoms with Crippen LogP contribution in [-0.4, -0.2) is 47.9 Å². The van der Waals surface area contributed by atoms with Gasteiger partial charge in [0.25, 0.3) is 10.0 Å². The lowest BCUT2D eigenvalue weighted by Crippen LogP contribution is -2.29. The minimum Gasteiger partial charge on any atom is -0.478 e. The lowest BCUT2D eigenvalue weighted by Gasteiger charge is -2.17. The molecular weight excluding hydrogens is 306 g/mol. The SMILES string of the molecule is CCC(C)Nc1cc(C(=O)O)cc(S(=O)(=O)N2CCCC2)n1. The van der Waals surface area contributed by atoms with Crippen molar-refractivity contribution in [1.29, 1.82) is 0 Å². The molecule has 7 nitrogen and oxygen atoms in total. The summed E-state index contributed by atoms with van der Waals surface area (Å²) in [5.41, 5.74) is -0.0847. The number of pyridine rings is 1. The Hall–Kier alpha value is -1.67. The summed E-state index contributed by atoms with van der Waals surface area (Å²) < 4.78 is 26.5. The van der Waals surface area contributed by atoms with Crippen LogP contribution in [0.4, 0.5) is 5.82 Å². The van der Waals surface area contributed by atoms with Gasteiger partial charge < -0.3 is 10.4 Å². The largest absolute Gasteiger partial charge is 0.478 e. The number of hydrogen-bond donors (Lipinski definition) is 2. The van der Waals surface area contributed by atoms with E-state index in [0.29, 0.717) is 13.1 Å². The first-order valence-electron chi connectivity index (χ1n) is 7.36. The van der Waals surface area contributed by atoms with Gasteiger partial charge in [0, 0.05) is 19.1 Å². The van der Waals surface area contributed by atoms with Crippen molar-refractivity contribution < 1.29 is 18.3 Å². The second kappa shape index (κ2) is 6.62. The molecule has 0 radical (unpaired) electrons. The lowest BCUT2D eigenvalue weighted by molar-refractivity contribution is 0.0696. The van der Waals surface area contributed by atoms with E-state index in [2.05, 4.69) is 10.3 Å². The maximum absolute atomic E-state index is 12.6. The van der Waals surface area contributed by atoms with Crippen LogP contribution in [0.5, 0.6) is 0 Å². The second-order valence-electron chi connectivity index (χ2n) is 5.45. The van der Waals surface area contributed by atoms with E-state index in [9.17, 15) is 18.3 Å². The third-order valence-corrected chi connectivity index (χ3v) is 5.51. The molecule has 0 amide bonds. The van der Waals surface area contributed by atoms with Crippen LogP contribution in [0.3, 0.4) is 0 Å². The van der Waals surface area contributed by atoms with Gasteiger partial charge in [-0.05, 0) is 38.3 Å². The van der Waals surface area contributed by atoms with Crippen molar-refractivity contribution in [1.82, 2.24) is 9.29 Å². The molecule has 1 fully saturated rings. The van der Waals surface area contributed by atoms with Crippen molar-refractivity contribution in [3.05, 3.63) is 17.7 Å². The van der Waals surface area contributed by atoms with Gasteiger partial charge in [-0.1, -0.05) is 6.92 Å². The Balaban J connectivity index is 2.43. The maximum Gasteiger partial charge on any atom is 0.335 e. The summed E-state index contributed by atoms with van der Waals surface area (Å²) in [6, 6.07) is 2.55. The fourth-order valence-corrected chi connectivity index (χ4v) is 3.74. The number of hydrogen-bond acceptors (Lipinski definition) is 5. The Bertz CT molecular complexity index is 654. The number of nitrogens with zero attached hydrogens (tertiary/aromatic N) is 2. The van der Waals surface area contributed by atoms with Crippen molar-refractivity contribution >= 4 is 21.8 Å². The molecule has 1 unspecified atom stereocenters. The maximum atomic E-state index is 12.6. The van der Waals surface area contributed by atoms with Gasteiger partial charge in [-0.3, -0.25) is 0 Å². The molecule has 0 aliphatic carbocycles. The first kappa shape index (κ1) is 16.7. The third kappa shape index (κ3) is 3.56. The Kier molecular flexibility index (Phi) is 5.02. The predicted octanol–water partition coefficient (Wildman–Crippen LogP) is 1.77. The molecule has 0 spiro atoms. The van der Waals surface area contributed by atoms with E-state index in [0.717, 1.165) is 25.3 Å². The molecule has 1 aromatic heterocycles. The zero-order valence-electron chi connectivity index (χ0n) is 12.7. The highest BCUT2D eigenvalue weighted by Crippen LogP contribution is 2.22. The zero-order valence-corrected chi connectivity index (χ0v) is 13.6. The summed E-state index contributed by atoms with van der Waals surface area (Å²) >= 11 is 0. The fraction of sp³-hybridized carbons (Fsp3) is 0.571. The summed E-state index contributed by atoms with van der Waals surface area (Å²) in [7, 11) is -3.74. The van der Waals surface area contributed by atoms with Gasteiger partial charge >= 0.3 is 5.97 Å². The van der Waals surface area contributed by atoms with Gasteiger partial charge in [0.2, 0.25) is 0 Å². The van der Waals surface area contributed by atoms with Gasteiger partial charge in [-0.25, -0.2) is 18.2 Å². The van der Waals surface area contributed by atoms with Crippen molar-refractivity contribution in [3.63, 3.8) is 0 Å². The van der Waals surface area contributed by atoms with Crippen LogP contribution in [0.15, 0.2) is 17.2 Å². The molecule has 122 valence electrons. The minimum absolute atomic E-state index is 0.0684. The number of aromatic carboxylic acids is 1. The van der Waals surface area contributed by atoms with E-state index in [1.54, 1.807) is 0 Å². The molecular formula is C14H21N3O4S. The summed E-state index contributed by atoms with van der Waals surface area (Å²) in [4.78, 5) is 15.4. The summed E-state index contributed by atoms with van der Waals surface area (Å²) in [6.45, 7) is 4.80. The van der Waals surface area contributed by atoms with E-state index in [4.69, 9.17) is 0 Å². The van der Waals surface area contributed by atoms with E-state index in [1.807, 2.05) is 13.8 Å². The Morgan fingerprint density at radius 3 is 2.59 bits per heavy atom. The van der Waals surface area contributed by atoms with Gasteiger partial charge in [0.1, 0.15) is 5.82 Å². The van der Waals surface area contributed by atoms with Gasteiger partial charge in [-0.15, -0.1) is 0 Å². The van der Waals surface area contributed by atoms with Crippen LogP contribution in [0, 0.1) is 0 Å². The number of carbonyl (C=O) groups is 1. The quantitative estimate of drug-likeness (QED) is 0.826. The number of carboxylic acids is 1. The van der Waals surface area contributed by atoms with E-state index >= 15 is 0 Å². The average molecular weight is 327 g/mol. The van der Waals surface area contributed by atoms with Crippen molar-refractivity contribution in [2.45, 2.75) is 44.2 Å². The van der Waals surface area contributed by atoms with Crippen molar-refractivity contribution in [2.24, 2.45) is 0 Å². The average Bonchev–Trinajstić information content (AvgIpc) is 3.01. The molecule has 0 aromatic carbocycles. The highest BCUT2D eigenvalue weighted by Gasteiger charge is 2.29. The Labute approximate surface area is 130 Å². The molecule has 2 N–H and O–H groups in total. The summed E-state index contributed by atoms with van der Waals surface area (Å²) in [5.74, 6) is -0.903. The molecule has 8 heteroatoms. The van der Waals surface area contributed by atoms with Crippen LogP contribution in [0.25, 0.3) is 0 Å². The number of carboxylic acid groups (broad SMARTS) is 1. The van der Waals surface area contributed by atoms with E-state index in [-0.39, 0.29) is 22.4 Å². The van der Waals surface area contributed by atoms with Crippen LogP contribution >= 0.6 is 0 Å². The van der Waals surface area contributed by atoms with E-state index < -0.39 is 16.0 Å². The monoisotopic (exact) mass is 327 g/mol. The summed E-state index contributed by atoms with van der Waals surface area (Å²) in [5, 5.41) is 12.0. The zero-order chi connectivity index (χ0) is 16.3. The Morgan fingerprint density at radius 1 is 1.41 bits per heavy atom. The van der Waals surface area contributed by atoms with Crippen LogP contribution in [-0.2, 0) is 10.0 Å². The lowest BCUT2D eigenvalue weighted by atomic mass is 10.2. The van der Waals surface area contributed by atoms with Gasteiger partial charge in [-0.2, -0.15) is 4.31 Å². The topological polar surface area (TPSA) is 99.6 Å². The molecule has 1 aliphatic rings. The molecule has 2 heterocycles. The molecule has 1 aliphatic heterocycles. The predicted molar refractivity (Wildman–Crippen MR) is 82.6 cm³/mol. The third-order valence-electron chi connectivity index (χ3n) is 3.72. The van der Waals surface area contributed by atoms with Crippen LogP contribution < -0.4 is 5.32 Å². The molecule has 0 bridgehead atoms. The van der Waals surface area contributed by atoms with Gasteiger partial charge in [0.05, 0.1) is 5.56 Å². The standard InChI is InChI=1S/C14H21N3O4S/c1-3-10(2)15-12-8-11(14(18)19)9-13(16-12)22(20,21)17-6-4-5-7-17/h8-10H,3-7H2,1-2H3,(H,15,16)(H,18,19). The fourth-order valence-electron chi connectivity index (χ4n) is 2.25. The molecule has 2 rings (SSSR count). The smallest absolute Gasteiger partial charge is 0.335 e. The Morgan fingerprint density at radius 2 is 2.05 bits per heavy atom. The highest BCUT2D eigenvalue weighted by molar-refractivity contribution is 7.89. The van der Waals surface area contributed by atoms with Crippen LogP contribution in [0.1, 0.15) is 43.5 Å². The molecule has 1 saturated heterocycles. The molecule has 22 heavy (non-hydrogen) atoms. The number of nitrogens with one attached hydrogen (secondary N) is 1. The first-order valence-corrected chi connectivity index (χ1v) is 8.80. The highest BCUT2D eigenvalue weighted by atomic mass is 32.2. The molecule has 1 aromatic rings. The molecule has 1 atom stereocenters. The molecule has 0 saturated carbocycles. The van der Waals surface area contributed by atoms with Crippen molar-refractivity contribution in [3.8, 4) is 0 Å².